The van der Waals surface area contributed by atoms with Crippen LogP contribution in [0.1, 0.15) is 17.3 Å². The van der Waals surface area contributed by atoms with Crippen molar-refractivity contribution in [2.24, 2.45) is 7.05 Å². The second-order valence-electron chi connectivity index (χ2n) is 7.87. The van der Waals surface area contributed by atoms with E-state index < -0.39 is 0 Å². The van der Waals surface area contributed by atoms with E-state index >= 15 is 0 Å². The Hall–Kier alpha value is -3.59. The zero-order chi connectivity index (χ0) is 22.8. The molecule has 0 bridgehead atoms. The van der Waals surface area contributed by atoms with Crippen LogP contribution in [0.5, 0.6) is 0 Å². The maximum atomic E-state index is 13.3. The summed E-state index contributed by atoms with van der Waals surface area (Å²) in [5, 5.41) is 23.2. The Labute approximate surface area is 187 Å². The van der Waals surface area contributed by atoms with Crippen molar-refractivity contribution in [1.82, 2.24) is 25.7 Å². The summed E-state index contributed by atoms with van der Waals surface area (Å²) in [6.45, 7) is 5.50. The molecule has 2 aromatic rings. The molecule has 2 heterocycles. The first-order valence-corrected chi connectivity index (χ1v) is 10.6. The van der Waals surface area contributed by atoms with Crippen molar-refractivity contribution < 1.29 is 9.53 Å². The number of nitrogens with one attached hydrogen (secondary N) is 4. The lowest BCUT2D eigenvalue weighted by atomic mass is 9.95. The van der Waals surface area contributed by atoms with E-state index in [1.165, 1.54) is 7.11 Å². The lowest BCUT2D eigenvalue weighted by Gasteiger charge is -2.30. The normalized spacial score (nSPS) is 18.2. The predicted octanol–water partition coefficient (Wildman–Crippen LogP) is 1.65. The number of fused-ring (bicyclic) bond motifs is 1. The smallest absolute Gasteiger partial charge is 0.258 e. The monoisotopic (exact) mass is 435 g/mol. The third kappa shape index (κ3) is 3.87. The number of nitrogens with zero attached hydrogens (tertiary/aromatic N) is 3. The van der Waals surface area contributed by atoms with Crippen molar-refractivity contribution in [3.8, 4) is 0 Å². The first-order chi connectivity index (χ1) is 15.4. The summed E-state index contributed by atoms with van der Waals surface area (Å²) < 4.78 is 7.26. The quantitative estimate of drug-likeness (QED) is 0.569. The third-order valence-corrected chi connectivity index (χ3v) is 5.77. The van der Waals surface area contributed by atoms with Gasteiger partial charge in [-0.2, -0.15) is 5.10 Å². The summed E-state index contributed by atoms with van der Waals surface area (Å²) in [4.78, 5) is 15.7. The number of rotatable bonds is 5. The van der Waals surface area contributed by atoms with E-state index in [9.17, 15) is 4.79 Å². The van der Waals surface area contributed by atoms with Gasteiger partial charge in [0, 0.05) is 74.9 Å². The molecule has 168 valence electrons. The van der Waals surface area contributed by atoms with Crippen LogP contribution in [-0.4, -0.2) is 61.7 Å². The molecule has 9 heteroatoms. The largest absolute Gasteiger partial charge is 0.494 e. The molecule has 9 nitrogen and oxygen atoms in total. The van der Waals surface area contributed by atoms with Crippen LogP contribution in [-0.2, 0) is 11.8 Å². The Balaban J connectivity index is 1.70. The molecular formula is C23H29N7O2. The number of carbonyl (C=O) groups is 1. The first-order valence-electron chi connectivity index (χ1n) is 10.6. The van der Waals surface area contributed by atoms with Crippen molar-refractivity contribution in [2.75, 3.05) is 45.2 Å². The van der Waals surface area contributed by atoms with E-state index in [1.54, 1.807) is 24.0 Å². The lowest BCUT2D eigenvalue weighted by molar-refractivity contribution is 0.0964. The standard InChI is InChI=1S/C23H29N7O2/c1-14-20(24)15(12-25-2)11-18(22(14)32-4)27-23(31)16-5-6-19(30-9-7-26-8-10-30)17-13-29(3)28-21(16)17/h5-6,11-13,24-26H,7-10H2,1-4H3,(H,27,31)/b15-12-,24-20?. The summed E-state index contributed by atoms with van der Waals surface area (Å²) >= 11 is 0. The van der Waals surface area contributed by atoms with Crippen LogP contribution >= 0.6 is 0 Å². The van der Waals surface area contributed by atoms with Gasteiger partial charge in [0.05, 0.1) is 24.1 Å². The molecule has 1 amide bonds. The summed E-state index contributed by atoms with van der Waals surface area (Å²) in [5.41, 5.74) is 4.43. The van der Waals surface area contributed by atoms with Gasteiger partial charge in [-0.05, 0) is 25.1 Å². The Kier molecular flexibility index (Phi) is 6.00. The number of hydrogen-bond acceptors (Lipinski definition) is 7. The van der Waals surface area contributed by atoms with Gasteiger partial charge in [0.2, 0.25) is 0 Å². The van der Waals surface area contributed by atoms with Crippen LogP contribution in [0.15, 0.2) is 53.2 Å². The maximum Gasteiger partial charge on any atom is 0.258 e. The topological polar surface area (TPSA) is 107 Å². The van der Waals surface area contributed by atoms with Gasteiger partial charge in [-0.1, -0.05) is 0 Å². The van der Waals surface area contributed by atoms with E-state index in [2.05, 4.69) is 25.9 Å². The SMILES string of the molecule is CN/C=C1/C=C(NC(=O)c2ccc(N3CCNCC3)c3cn(C)nc23)C(OC)=C(C)C1=N. The molecular weight excluding hydrogens is 406 g/mol. The average Bonchev–Trinajstić information content (AvgIpc) is 3.18. The van der Waals surface area contributed by atoms with Crippen LogP contribution in [0.4, 0.5) is 5.69 Å². The van der Waals surface area contributed by atoms with Crippen LogP contribution in [0.25, 0.3) is 10.9 Å². The second kappa shape index (κ2) is 8.88. The van der Waals surface area contributed by atoms with Crippen molar-refractivity contribution in [3.05, 3.63) is 58.8 Å². The highest BCUT2D eigenvalue weighted by Crippen LogP contribution is 2.30. The molecule has 1 fully saturated rings. The highest BCUT2D eigenvalue weighted by molar-refractivity contribution is 6.14. The highest BCUT2D eigenvalue weighted by Gasteiger charge is 2.25. The van der Waals surface area contributed by atoms with Gasteiger partial charge in [0.1, 0.15) is 11.3 Å². The zero-order valence-corrected chi connectivity index (χ0v) is 18.9. The van der Waals surface area contributed by atoms with Gasteiger partial charge >= 0.3 is 0 Å². The number of methoxy groups -OCH3 is 1. The number of piperazine rings is 1. The number of amides is 1. The number of allylic oxidation sites excluding steroid dienone is 3. The van der Waals surface area contributed by atoms with Crippen LogP contribution in [0, 0.1) is 5.41 Å². The van der Waals surface area contributed by atoms with Gasteiger partial charge in [0.15, 0.2) is 0 Å². The number of aryl methyl sites for hydroxylation is 1. The van der Waals surface area contributed by atoms with E-state index in [0.717, 1.165) is 37.3 Å². The van der Waals surface area contributed by atoms with Crippen molar-refractivity contribution in [1.29, 1.82) is 5.41 Å². The summed E-state index contributed by atoms with van der Waals surface area (Å²) in [6, 6.07) is 3.83. The van der Waals surface area contributed by atoms with E-state index in [4.69, 9.17) is 10.1 Å². The molecule has 2 aliphatic rings. The van der Waals surface area contributed by atoms with Gasteiger partial charge < -0.3 is 25.6 Å². The molecule has 1 aromatic heterocycles. The van der Waals surface area contributed by atoms with E-state index in [-0.39, 0.29) is 5.91 Å². The van der Waals surface area contributed by atoms with Gasteiger partial charge in [-0.3, -0.25) is 14.9 Å². The molecule has 4 rings (SSSR count). The molecule has 0 unspecified atom stereocenters. The van der Waals surface area contributed by atoms with Crippen molar-refractivity contribution in [3.63, 3.8) is 0 Å². The molecule has 0 atom stereocenters. The fourth-order valence-corrected chi connectivity index (χ4v) is 4.21. The van der Waals surface area contributed by atoms with Gasteiger partial charge in [-0.25, -0.2) is 0 Å². The summed E-state index contributed by atoms with van der Waals surface area (Å²) in [7, 11) is 5.18. The highest BCUT2D eigenvalue weighted by atomic mass is 16.5. The van der Waals surface area contributed by atoms with Gasteiger partial charge in [0.25, 0.3) is 5.91 Å². The number of benzene rings is 1. The van der Waals surface area contributed by atoms with Crippen molar-refractivity contribution >= 4 is 28.2 Å². The molecule has 0 saturated carbocycles. The van der Waals surface area contributed by atoms with Crippen LogP contribution < -0.4 is 20.9 Å². The predicted molar refractivity (Wildman–Crippen MR) is 126 cm³/mol. The van der Waals surface area contributed by atoms with E-state index in [0.29, 0.717) is 39.4 Å². The van der Waals surface area contributed by atoms with Gasteiger partial charge in [-0.15, -0.1) is 0 Å². The number of aromatic nitrogens is 2. The number of carbonyl (C=O) groups excluding carboxylic acids is 1. The summed E-state index contributed by atoms with van der Waals surface area (Å²) in [5.74, 6) is 0.206. The Bertz CT molecular complexity index is 1170. The minimum Gasteiger partial charge on any atom is -0.494 e. The Morgan fingerprint density at radius 1 is 1.31 bits per heavy atom. The molecule has 1 aliphatic carbocycles. The number of ether oxygens (including phenoxy) is 1. The number of hydrogen-bond donors (Lipinski definition) is 4. The third-order valence-electron chi connectivity index (χ3n) is 5.77. The Morgan fingerprint density at radius 2 is 2.06 bits per heavy atom. The minimum absolute atomic E-state index is 0.272. The maximum absolute atomic E-state index is 13.3. The molecule has 0 radical (unpaired) electrons. The van der Waals surface area contributed by atoms with Crippen molar-refractivity contribution in [2.45, 2.75) is 6.92 Å². The molecule has 1 aliphatic heterocycles. The molecule has 1 saturated heterocycles. The number of anilines is 1. The first kappa shape index (κ1) is 21.6. The average molecular weight is 436 g/mol. The molecule has 32 heavy (non-hydrogen) atoms. The fraction of sp³-hybridized carbons (Fsp3) is 0.348. The minimum atomic E-state index is -0.272. The van der Waals surface area contributed by atoms with Crippen LogP contribution in [0.3, 0.4) is 0 Å². The van der Waals surface area contributed by atoms with Crippen LogP contribution in [0.2, 0.25) is 0 Å². The molecule has 4 N–H and O–H groups in total. The molecule has 1 aromatic carbocycles. The summed E-state index contributed by atoms with van der Waals surface area (Å²) in [6.07, 6.45) is 5.43. The lowest BCUT2D eigenvalue weighted by Crippen LogP contribution is -2.43. The fourth-order valence-electron chi connectivity index (χ4n) is 4.21. The zero-order valence-electron chi connectivity index (χ0n) is 18.9. The Morgan fingerprint density at radius 3 is 2.75 bits per heavy atom. The second-order valence-corrected chi connectivity index (χ2v) is 7.87. The molecule has 0 spiro atoms. The van der Waals surface area contributed by atoms with E-state index in [1.807, 2.05) is 32.3 Å².